The van der Waals surface area contributed by atoms with Crippen molar-refractivity contribution in [1.82, 2.24) is 9.71 Å². The first-order valence-corrected chi connectivity index (χ1v) is 9.09. The molecule has 1 unspecified atom stereocenters. The predicted octanol–water partition coefficient (Wildman–Crippen LogP) is 1.96. The largest absolute Gasteiger partial charge is 0.389 e. The van der Waals surface area contributed by atoms with Gasteiger partial charge in [-0.15, -0.1) is 11.3 Å². The third-order valence-corrected chi connectivity index (χ3v) is 5.39. The van der Waals surface area contributed by atoms with E-state index in [2.05, 4.69) is 9.71 Å². The zero-order valence-electron chi connectivity index (χ0n) is 11.3. The lowest BCUT2D eigenvalue weighted by molar-refractivity contribution is 0.565. The molecule has 0 aliphatic heterocycles. The summed E-state index contributed by atoms with van der Waals surface area (Å²) in [4.78, 5) is 4.39. The van der Waals surface area contributed by atoms with Gasteiger partial charge in [0.15, 0.2) is 0 Å². The van der Waals surface area contributed by atoms with Crippen molar-refractivity contribution in [3.63, 3.8) is 0 Å². The number of rotatable bonds is 6. The molecule has 21 heavy (non-hydrogen) atoms. The van der Waals surface area contributed by atoms with Crippen LogP contribution in [0, 0.1) is 0 Å². The van der Waals surface area contributed by atoms with Gasteiger partial charge in [0.05, 0.1) is 11.8 Å². The van der Waals surface area contributed by atoms with E-state index >= 15 is 0 Å². The second-order valence-corrected chi connectivity index (χ2v) is 7.65. The minimum atomic E-state index is -3.44. The van der Waals surface area contributed by atoms with Gasteiger partial charge in [0.2, 0.25) is 10.0 Å². The second-order valence-electron chi connectivity index (χ2n) is 4.53. The number of nitrogens with zero attached hydrogens (tertiary/aromatic N) is 1. The fourth-order valence-electron chi connectivity index (χ4n) is 1.79. The Morgan fingerprint density at radius 3 is 2.62 bits per heavy atom. The molecule has 1 aromatic carbocycles. The van der Waals surface area contributed by atoms with Crippen molar-refractivity contribution < 1.29 is 8.42 Å². The van der Waals surface area contributed by atoms with Crippen molar-refractivity contribution in [2.45, 2.75) is 18.7 Å². The Kier molecular flexibility index (Phi) is 5.04. The molecule has 1 heterocycles. The Bertz CT molecular complexity index is 710. The highest BCUT2D eigenvalue weighted by Gasteiger charge is 2.18. The highest BCUT2D eigenvalue weighted by molar-refractivity contribution is 7.88. The lowest BCUT2D eigenvalue weighted by atomic mass is 10.1. The molecule has 8 heteroatoms. The molecule has 0 amide bonds. The second kappa shape index (κ2) is 6.61. The van der Waals surface area contributed by atoms with Crippen molar-refractivity contribution in [3.05, 3.63) is 52.0 Å². The topological polar surface area (TPSA) is 85.1 Å². The minimum Gasteiger partial charge on any atom is -0.389 e. The van der Waals surface area contributed by atoms with Gasteiger partial charge in [0.25, 0.3) is 0 Å². The molecule has 1 aromatic heterocycles. The number of nitrogens with one attached hydrogen (secondary N) is 1. The van der Waals surface area contributed by atoms with E-state index in [1.54, 1.807) is 37.4 Å². The third kappa shape index (κ3) is 4.57. The number of hydrogen-bond donors (Lipinski definition) is 2. The standard InChI is InChI=1S/C13H15N3O2S3/c1-9(13-15-6-7-20-13)16-21(17,18)8-10-2-4-11(5-3-10)12(14)19/h2-7,9,16H,8H2,1H3,(H2,14,19). The quantitative estimate of drug-likeness (QED) is 0.785. The number of hydrogen-bond acceptors (Lipinski definition) is 5. The molecule has 0 aliphatic rings. The Morgan fingerprint density at radius 1 is 1.43 bits per heavy atom. The highest BCUT2D eigenvalue weighted by atomic mass is 32.2. The maximum absolute atomic E-state index is 12.1. The van der Waals surface area contributed by atoms with Gasteiger partial charge in [-0.2, -0.15) is 0 Å². The summed E-state index contributed by atoms with van der Waals surface area (Å²) >= 11 is 6.28. The molecule has 5 nitrogen and oxygen atoms in total. The number of thiocarbonyl (C=S) groups is 1. The summed E-state index contributed by atoms with van der Waals surface area (Å²) < 4.78 is 26.9. The lowest BCUT2D eigenvalue weighted by Crippen LogP contribution is -2.28. The molecule has 0 saturated carbocycles. The van der Waals surface area contributed by atoms with Crippen LogP contribution in [0.15, 0.2) is 35.8 Å². The van der Waals surface area contributed by atoms with Crippen LogP contribution in [0.3, 0.4) is 0 Å². The first-order valence-electron chi connectivity index (χ1n) is 6.15. The lowest BCUT2D eigenvalue weighted by Gasteiger charge is -2.12. The molecule has 0 spiro atoms. The molecule has 0 saturated heterocycles. The van der Waals surface area contributed by atoms with E-state index in [1.807, 2.05) is 5.38 Å². The van der Waals surface area contributed by atoms with Gasteiger partial charge in [-0.05, 0) is 12.5 Å². The fourth-order valence-corrected chi connectivity index (χ4v) is 4.02. The molecule has 0 bridgehead atoms. The summed E-state index contributed by atoms with van der Waals surface area (Å²) in [6, 6.07) is 6.52. The van der Waals surface area contributed by atoms with E-state index in [-0.39, 0.29) is 11.8 Å². The summed E-state index contributed by atoms with van der Waals surface area (Å²) in [5.41, 5.74) is 6.90. The molecular formula is C13H15N3O2S3. The predicted molar refractivity (Wildman–Crippen MR) is 88.6 cm³/mol. The average Bonchev–Trinajstić information content (AvgIpc) is 2.92. The highest BCUT2D eigenvalue weighted by Crippen LogP contribution is 2.17. The number of sulfonamides is 1. The van der Waals surface area contributed by atoms with Crippen molar-refractivity contribution in [3.8, 4) is 0 Å². The molecule has 0 aliphatic carbocycles. The number of thiazole rings is 1. The maximum atomic E-state index is 12.1. The molecular weight excluding hydrogens is 326 g/mol. The normalized spacial score (nSPS) is 13.0. The Morgan fingerprint density at radius 2 is 2.10 bits per heavy atom. The zero-order chi connectivity index (χ0) is 15.5. The Hall–Kier alpha value is -1.35. The van der Waals surface area contributed by atoms with Crippen LogP contribution in [0.2, 0.25) is 0 Å². The van der Waals surface area contributed by atoms with E-state index in [0.29, 0.717) is 10.6 Å². The average molecular weight is 341 g/mol. The van der Waals surface area contributed by atoms with E-state index in [4.69, 9.17) is 18.0 Å². The summed E-state index contributed by atoms with van der Waals surface area (Å²) in [5, 5.41) is 2.55. The summed E-state index contributed by atoms with van der Waals surface area (Å²) in [6.07, 6.45) is 1.65. The molecule has 2 aromatic rings. The molecule has 0 fully saturated rings. The van der Waals surface area contributed by atoms with Crippen molar-refractivity contribution in [2.75, 3.05) is 0 Å². The molecule has 3 N–H and O–H groups in total. The molecule has 0 radical (unpaired) electrons. The van der Waals surface area contributed by atoms with Crippen LogP contribution < -0.4 is 10.5 Å². The van der Waals surface area contributed by atoms with Gasteiger partial charge in [-0.1, -0.05) is 36.5 Å². The van der Waals surface area contributed by atoms with Gasteiger partial charge in [-0.3, -0.25) is 0 Å². The van der Waals surface area contributed by atoms with Crippen LogP contribution in [-0.4, -0.2) is 18.4 Å². The van der Waals surface area contributed by atoms with Crippen molar-refractivity contribution in [1.29, 1.82) is 0 Å². The van der Waals surface area contributed by atoms with Crippen LogP contribution in [-0.2, 0) is 15.8 Å². The van der Waals surface area contributed by atoms with Gasteiger partial charge in [-0.25, -0.2) is 18.1 Å². The van der Waals surface area contributed by atoms with Crippen LogP contribution in [0.1, 0.15) is 29.1 Å². The molecule has 2 rings (SSSR count). The minimum absolute atomic E-state index is 0.0969. The van der Waals surface area contributed by atoms with E-state index < -0.39 is 10.0 Å². The Balaban J connectivity index is 2.05. The first kappa shape index (κ1) is 16.0. The van der Waals surface area contributed by atoms with Crippen LogP contribution in [0.25, 0.3) is 0 Å². The van der Waals surface area contributed by atoms with Crippen LogP contribution in [0.5, 0.6) is 0 Å². The van der Waals surface area contributed by atoms with Crippen molar-refractivity contribution >= 4 is 38.6 Å². The maximum Gasteiger partial charge on any atom is 0.216 e. The number of benzene rings is 1. The Labute approximate surface area is 133 Å². The smallest absolute Gasteiger partial charge is 0.216 e. The SMILES string of the molecule is CC(NS(=O)(=O)Cc1ccc(C(N)=S)cc1)c1nccs1. The van der Waals surface area contributed by atoms with Crippen LogP contribution >= 0.6 is 23.6 Å². The van der Waals surface area contributed by atoms with Gasteiger partial charge in [0, 0.05) is 17.1 Å². The number of nitrogens with two attached hydrogens (primary N) is 1. The number of aromatic nitrogens is 1. The van der Waals surface area contributed by atoms with Gasteiger partial charge in [0.1, 0.15) is 10.00 Å². The molecule has 112 valence electrons. The van der Waals surface area contributed by atoms with Crippen molar-refractivity contribution in [2.24, 2.45) is 5.73 Å². The fraction of sp³-hybridized carbons (Fsp3) is 0.231. The first-order chi connectivity index (χ1) is 9.87. The van der Waals surface area contributed by atoms with E-state index in [9.17, 15) is 8.42 Å². The third-order valence-electron chi connectivity index (χ3n) is 2.77. The van der Waals surface area contributed by atoms with Gasteiger partial charge >= 0.3 is 0 Å². The van der Waals surface area contributed by atoms with Gasteiger partial charge < -0.3 is 5.73 Å². The summed E-state index contributed by atoms with van der Waals surface area (Å²) in [5.74, 6) is -0.0969. The van der Waals surface area contributed by atoms with E-state index in [1.165, 1.54) is 11.3 Å². The monoisotopic (exact) mass is 341 g/mol. The van der Waals surface area contributed by atoms with Crippen LogP contribution in [0.4, 0.5) is 0 Å². The van der Waals surface area contributed by atoms with E-state index in [0.717, 1.165) is 10.6 Å². The molecule has 1 atom stereocenters. The summed E-state index contributed by atoms with van der Waals surface area (Å²) in [6.45, 7) is 1.77. The summed E-state index contributed by atoms with van der Waals surface area (Å²) in [7, 11) is -3.44. The zero-order valence-corrected chi connectivity index (χ0v) is 13.8.